The van der Waals surface area contributed by atoms with E-state index in [1.54, 1.807) is 0 Å². The lowest BCUT2D eigenvalue weighted by Gasteiger charge is -2.34. The molecule has 1 saturated heterocycles. The van der Waals surface area contributed by atoms with Crippen LogP contribution < -0.4 is 5.73 Å². The minimum atomic E-state index is 0.743. The van der Waals surface area contributed by atoms with Gasteiger partial charge in [-0.3, -0.25) is 4.90 Å². The first-order valence-electron chi connectivity index (χ1n) is 7.96. The summed E-state index contributed by atoms with van der Waals surface area (Å²) in [5.41, 5.74) is 7.15. The highest BCUT2D eigenvalue weighted by Gasteiger charge is 2.19. The molecule has 0 spiro atoms. The van der Waals surface area contributed by atoms with Gasteiger partial charge in [-0.15, -0.1) is 0 Å². The molecule has 1 unspecified atom stereocenters. The summed E-state index contributed by atoms with van der Waals surface area (Å²) in [6.45, 7) is 5.18. The first-order valence-corrected chi connectivity index (χ1v) is 7.96. The third-order valence-corrected chi connectivity index (χ3v) is 4.39. The van der Waals surface area contributed by atoms with Gasteiger partial charge < -0.3 is 10.6 Å². The number of benzene rings is 1. The Balaban J connectivity index is 1.82. The molecule has 1 heterocycles. The van der Waals surface area contributed by atoms with Crippen molar-refractivity contribution < 1.29 is 0 Å². The molecule has 3 heteroatoms. The van der Waals surface area contributed by atoms with Crippen molar-refractivity contribution in [1.29, 1.82) is 0 Å². The van der Waals surface area contributed by atoms with Crippen LogP contribution in [0.25, 0.3) is 0 Å². The van der Waals surface area contributed by atoms with E-state index in [0.717, 1.165) is 32.2 Å². The molecule has 2 N–H and O–H groups in total. The van der Waals surface area contributed by atoms with Crippen LogP contribution in [0.3, 0.4) is 0 Å². The lowest BCUT2D eigenvalue weighted by Crippen LogP contribution is -2.39. The average Bonchev–Trinajstić information content (AvgIpc) is 2.47. The van der Waals surface area contributed by atoms with Gasteiger partial charge in [0.1, 0.15) is 0 Å². The molecule has 1 atom stereocenters. The summed E-state index contributed by atoms with van der Waals surface area (Å²) < 4.78 is 0. The number of rotatable bonds is 7. The fraction of sp³-hybridized carbons (Fsp3) is 0.647. The van der Waals surface area contributed by atoms with Crippen molar-refractivity contribution in [2.75, 3.05) is 33.2 Å². The maximum absolute atomic E-state index is 5.77. The summed E-state index contributed by atoms with van der Waals surface area (Å²) in [6.07, 6.45) is 5.38. The largest absolute Gasteiger partial charge is 0.329 e. The smallest absolute Gasteiger partial charge is 0.0234 e. The van der Waals surface area contributed by atoms with Gasteiger partial charge in [-0.2, -0.15) is 0 Å². The SMILES string of the molecule is CN1CCCCC1CCN(CCN)Cc1ccccc1. The average molecular weight is 275 g/mol. The summed E-state index contributed by atoms with van der Waals surface area (Å²) in [4.78, 5) is 5.03. The zero-order valence-corrected chi connectivity index (χ0v) is 12.8. The predicted molar refractivity (Wildman–Crippen MR) is 85.7 cm³/mol. The van der Waals surface area contributed by atoms with Gasteiger partial charge in [0.15, 0.2) is 0 Å². The summed E-state index contributed by atoms with van der Waals surface area (Å²) in [6, 6.07) is 11.5. The molecule has 0 aromatic heterocycles. The maximum Gasteiger partial charge on any atom is 0.0234 e. The molecule has 1 aromatic carbocycles. The van der Waals surface area contributed by atoms with Crippen LogP contribution in [0.1, 0.15) is 31.2 Å². The number of nitrogens with two attached hydrogens (primary N) is 1. The Bertz CT molecular complexity index is 366. The van der Waals surface area contributed by atoms with E-state index in [1.165, 1.54) is 37.8 Å². The van der Waals surface area contributed by atoms with Gasteiger partial charge in [0.2, 0.25) is 0 Å². The van der Waals surface area contributed by atoms with Gasteiger partial charge in [0.25, 0.3) is 0 Å². The quantitative estimate of drug-likeness (QED) is 0.829. The Morgan fingerprint density at radius 3 is 2.70 bits per heavy atom. The maximum atomic E-state index is 5.77. The van der Waals surface area contributed by atoms with Crippen molar-refractivity contribution in [2.24, 2.45) is 5.73 Å². The van der Waals surface area contributed by atoms with Gasteiger partial charge in [-0.1, -0.05) is 36.8 Å². The summed E-state index contributed by atoms with van der Waals surface area (Å²) in [5.74, 6) is 0. The highest BCUT2D eigenvalue weighted by Crippen LogP contribution is 2.18. The molecule has 0 aliphatic carbocycles. The zero-order valence-electron chi connectivity index (χ0n) is 12.8. The fourth-order valence-electron chi connectivity index (χ4n) is 3.13. The predicted octanol–water partition coefficient (Wildman–Crippen LogP) is 2.32. The van der Waals surface area contributed by atoms with Crippen molar-refractivity contribution in [3.05, 3.63) is 35.9 Å². The molecule has 0 amide bonds. The van der Waals surface area contributed by atoms with Crippen LogP contribution in [0.15, 0.2) is 30.3 Å². The molecular weight excluding hydrogens is 246 g/mol. The number of nitrogens with zero attached hydrogens (tertiary/aromatic N) is 2. The third kappa shape index (κ3) is 4.89. The first-order chi connectivity index (χ1) is 9.79. The second-order valence-corrected chi connectivity index (χ2v) is 5.97. The molecule has 3 nitrogen and oxygen atoms in total. The molecule has 112 valence electrons. The van der Waals surface area contributed by atoms with Crippen molar-refractivity contribution in [1.82, 2.24) is 9.80 Å². The highest BCUT2D eigenvalue weighted by atomic mass is 15.2. The number of hydrogen-bond acceptors (Lipinski definition) is 3. The molecule has 0 saturated carbocycles. The van der Waals surface area contributed by atoms with Crippen molar-refractivity contribution in [3.63, 3.8) is 0 Å². The molecular formula is C17H29N3. The minimum Gasteiger partial charge on any atom is -0.329 e. The van der Waals surface area contributed by atoms with Crippen LogP contribution in [0, 0.1) is 0 Å². The zero-order chi connectivity index (χ0) is 14.2. The second kappa shape index (κ2) is 8.40. The van der Waals surface area contributed by atoms with E-state index in [4.69, 9.17) is 5.73 Å². The lowest BCUT2D eigenvalue weighted by atomic mass is 10.00. The Kier molecular flexibility index (Phi) is 6.51. The molecule has 0 bridgehead atoms. The summed E-state index contributed by atoms with van der Waals surface area (Å²) >= 11 is 0. The van der Waals surface area contributed by atoms with Gasteiger partial charge in [0.05, 0.1) is 0 Å². The molecule has 0 radical (unpaired) electrons. The van der Waals surface area contributed by atoms with Gasteiger partial charge >= 0.3 is 0 Å². The molecule has 20 heavy (non-hydrogen) atoms. The fourth-order valence-corrected chi connectivity index (χ4v) is 3.13. The highest BCUT2D eigenvalue weighted by molar-refractivity contribution is 5.14. The van der Waals surface area contributed by atoms with Crippen LogP contribution in [0.4, 0.5) is 0 Å². The van der Waals surface area contributed by atoms with E-state index in [9.17, 15) is 0 Å². The first kappa shape index (κ1) is 15.5. The third-order valence-electron chi connectivity index (χ3n) is 4.39. The van der Waals surface area contributed by atoms with Crippen LogP contribution in [-0.4, -0.2) is 49.1 Å². The van der Waals surface area contributed by atoms with Crippen molar-refractivity contribution in [3.8, 4) is 0 Å². The van der Waals surface area contributed by atoms with E-state index in [-0.39, 0.29) is 0 Å². The number of piperidine rings is 1. The molecule has 1 aliphatic rings. The topological polar surface area (TPSA) is 32.5 Å². The Hall–Kier alpha value is -0.900. The molecule has 1 fully saturated rings. The van der Waals surface area contributed by atoms with Crippen LogP contribution in [-0.2, 0) is 6.54 Å². The Morgan fingerprint density at radius 2 is 2.00 bits per heavy atom. The van der Waals surface area contributed by atoms with E-state index < -0.39 is 0 Å². The molecule has 1 aliphatic heterocycles. The monoisotopic (exact) mass is 275 g/mol. The van der Waals surface area contributed by atoms with Crippen molar-refractivity contribution >= 4 is 0 Å². The van der Waals surface area contributed by atoms with E-state index >= 15 is 0 Å². The molecule has 2 rings (SSSR count). The summed E-state index contributed by atoms with van der Waals surface area (Å²) in [7, 11) is 2.27. The van der Waals surface area contributed by atoms with Gasteiger partial charge in [-0.25, -0.2) is 0 Å². The number of likely N-dealkylation sites (tertiary alicyclic amines) is 1. The van der Waals surface area contributed by atoms with Crippen molar-refractivity contribution in [2.45, 2.75) is 38.3 Å². The standard InChI is InChI=1S/C17H29N3/c1-19-12-6-5-9-17(19)10-13-20(14-11-18)15-16-7-3-2-4-8-16/h2-4,7-8,17H,5-6,9-15,18H2,1H3. The van der Waals surface area contributed by atoms with Crippen LogP contribution in [0.2, 0.25) is 0 Å². The molecule has 1 aromatic rings. The van der Waals surface area contributed by atoms with E-state index in [1.807, 2.05) is 0 Å². The Labute approximate surface area is 123 Å². The van der Waals surface area contributed by atoms with E-state index in [0.29, 0.717) is 0 Å². The lowest BCUT2D eigenvalue weighted by molar-refractivity contribution is 0.152. The van der Waals surface area contributed by atoms with Gasteiger partial charge in [-0.05, 0) is 38.4 Å². The van der Waals surface area contributed by atoms with Gasteiger partial charge in [0, 0.05) is 32.2 Å². The Morgan fingerprint density at radius 1 is 1.20 bits per heavy atom. The second-order valence-electron chi connectivity index (χ2n) is 5.97. The van der Waals surface area contributed by atoms with E-state index in [2.05, 4.69) is 47.2 Å². The minimum absolute atomic E-state index is 0.743. The normalized spacial score (nSPS) is 20.4. The number of hydrogen-bond donors (Lipinski definition) is 1. The van der Waals surface area contributed by atoms with Crippen LogP contribution in [0.5, 0.6) is 0 Å². The summed E-state index contributed by atoms with van der Waals surface area (Å²) in [5, 5.41) is 0. The van der Waals surface area contributed by atoms with Crippen LogP contribution >= 0.6 is 0 Å².